The highest BCUT2D eigenvalue weighted by Gasteiger charge is 2.46. The summed E-state index contributed by atoms with van der Waals surface area (Å²) in [6.45, 7) is 2.00. The minimum absolute atomic E-state index is 0.0153. The minimum Gasteiger partial charge on any atom is -0.409 e. The molecule has 1 unspecified atom stereocenters. The lowest BCUT2D eigenvalue weighted by molar-refractivity contribution is -0.128. The average Bonchev–Trinajstić information content (AvgIpc) is 3.14. The molecule has 20 heavy (non-hydrogen) atoms. The molecule has 1 amide bonds. The number of nitrogens with one attached hydrogen (secondary N) is 1. The Morgan fingerprint density at radius 1 is 1.65 bits per heavy atom. The molecular formula is C13H20N4O2S. The van der Waals surface area contributed by atoms with Crippen LogP contribution in [0.25, 0.3) is 0 Å². The largest absolute Gasteiger partial charge is 0.409 e. The number of thiazole rings is 1. The van der Waals surface area contributed by atoms with Gasteiger partial charge in [0.25, 0.3) is 0 Å². The van der Waals surface area contributed by atoms with Crippen molar-refractivity contribution in [2.75, 3.05) is 0 Å². The number of carbonyl (C=O) groups excluding carboxylic acids is 1. The predicted octanol–water partition coefficient (Wildman–Crippen LogP) is 2.02. The van der Waals surface area contributed by atoms with Crippen LogP contribution in [0.2, 0.25) is 0 Å². The van der Waals surface area contributed by atoms with E-state index in [2.05, 4.69) is 15.5 Å². The molecule has 6 nitrogen and oxygen atoms in total. The summed E-state index contributed by atoms with van der Waals surface area (Å²) >= 11 is 1.52. The van der Waals surface area contributed by atoms with Gasteiger partial charge in [-0.15, -0.1) is 11.3 Å². The summed E-state index contributed by atoms with van der Waals surface area (Å²) in [5, 5.41) is 17.8. The van der Waals surface area contributed by atoms with Gasteiger partial charge in [-0.3, -0.25) is 4.79 Å². The summed E-state index contributed by atoms with van der Waals surface area (Å²) in [5.41, 5.74) is 4.91. The summed E-state index contributed by atoms with van der Waals surface area (Å²) in [6.07, 6.45) is 5.57. The molecule has 1 aliphatic carbocycles. The molecule has 1 heterocycles. The number of nitrogens with two attached hydrogens (primary N) is 1. The number of oxime groups is 1. The molecule has 0 bridgehead atoms. The number of aromatic nitrogens is 1. The number of nitrogens with zero attached hydrogens (tertiary/aromatic N) is 2. The van der Waals surface area contributed by atoms with Crippen LogP contribution in [0.3, 0.4) is 0 Å². The van der Waals surface area contributed by atoms with Gasteiger partial charge in [0.2, 0.25) is 5.91 Å². The quantitative estimate of drug-likeness (QED) is 0.335. The van der Waals surface area contributed by atoms with Crippen molar-refractivity contribution in [3.05, 3.63) is 16.6 Å². The van der Waals surface area contributed by atoms with Gasteiger partial charge in [0.1, 0.15) is 10.4 Å². The fourth-order valence-corrected chi connectivity index (χ4v) is 3.49. The maximum absolute atomic E-state index is 12.6. The van der Waals surface area contributed by atoms with E-state index in [0.717, 1.165) is 24.3 Å². The Morgan fingerprint density at radius 2 is 2.35 bits per heavy atom. The Kier molecular flexibility index (Phi) is 4.59. The molecule has 4 N–H and O–H groups in total. The van der Waals surface area contributed by atoms with E-state index >= 15 is 0 Å². The van der Waals surface area contributed by atoms with Crippen LogP contribution in [0.4, 0.5) is 0 Å². The third kappa shape index (κ3) is 2.63. The zero-order valence-electron chi connectivity index (χ0n) is 11.5. The fraction of sp³-hybridized carbons (Fsp3) is 0.615. The molecule has 1 saturated carbocycles. The van der Waals surface area contributed by atoms with Crippen molar-refractivity contribution < 1.29 is 10.0 Å². The van der Waals surface area contributed by atoms with Gasteiger partial charge in [0.15, 0.2) is 5.84 Å². The normalized spacial score (nSPS) is 19.8. The lowest BCUT2D eigenvalue weighted by atomic mass is 9.83. The number of amides is 1. The number of hydrogen-bond acceptors (Lipinski definition) is 5. The molecule has 2 rings (SSSR count). The monoisotopic (exact) mass is 296 g/mol. The van der Waals surface area contributed by atoms with Crippen LogP contribution >= 0.6 is 11.3 Å². The fourth-order valence-electron chi connectivity index (χ4n) is 2.72. The molecule has 1 aromatic rings. The average molecular weight is 296 g/mol. The van der Waals surface area contributed by atoms with E-state index in [9.17, 15) is 4.79 Å². The Morgan fingerprint density at radius 3 is 2.85 bits per heavy atom. The molecule has 1 aliphatic rings. The zero-order valence-corrected chi connectivity index (χ0v) is 12.3. The van der Waals surface area contributed by atoms with Gasteiger partial charge >= 0.3 is 0 Å². The molecule has 7 heteroatoms. The summed E-state index contributed by atoms with van der Waals surface area (Å²) in [7, 11) is 0. The number of rotatable bonds is 5. The Hall–Kier alpha value is -1.63. The topological polar surface area (TPSA) is 101 Å². The van der Waals surface area contributed by atoms with Crippen LogP contribution in [0.1, 0.15) is 50.1 Å². The van der Waals surface area contributed by atoms with Crippen LogP contribution in [-0.4, -0.2) is 21.9 Å². The van der Waals surface area contributed by atoms with Crippen LogP contribution < -0.4 is 11.1 Å². The van der Waals surface area contributed by atoms with Crippen molar-refractivity contribution in [3.63, 3.8) is 0 Å². The Bertz CT molecular complexity index is 481. The van der Waals surface area contributed by atoms with Gasteiger partial charge in [0.05, 0.1) is 6.04 Å². The van der Waals surface area contributed by atoms with Crippen molar-refractivity contribution in [1.82, 2.24) is 10.3 Å². The summed E-state index contributed by atoms with van der Waals surface area (Å²) in [5.74, 6) is -0.145. The highest BCUT2D eigenvalue weighted by Crippen LogP contribution is 2.39. The van der Waals surface area contributed by atoms with E-state index in [4.69, 9.17) is 10.9 Å². The standard InChI is InChI=1S/C13H20N4O2S/c1-2-9(10-15-7-8-20-10)16-12(18)13(11(14)17-19)5-3-4-6-13/h7-9,19H,2-6H2,1H3,(H2,14,17)(H,16,18). The molecule has 0 aromatic carbocycles. The van der Waals surface area contributed by atoms with E-state index in [1.807, 2.05) is 12.3 Å². The molecule has 0 spiro atoms. The van der Waals surface area contributed by atoms with Crippen molar-refractivity contribution >= 4 is 23.1 Å². The highest BCUT2D eigenvalue weighted by atomic mass is 32.1. The number of carbonyl (C=O) groups is 1. The van der Waals surface area contributed by atoms with Gasteiger partial charge in [0, 0.05) is 11.6 Å². The maximum Gasteiger partial charge on any atom is 0.234 e. The van der Waals surface area contributed by atoms with Crippen molar-refractivity contribution in [3.8, 4) is 0 Å². The van der Waals surface area contributed by atoms with Crippen molar-refractivity contribution in [1.29, 1.82) is 0 Å². The molecule has 1 fully saturated rings. The molecule has 1 atom stereocenters. The van der Waals surface area contributed by atoms with E-state index in [1.54, 1.807) is 6.20 Å². The number of amidine groups is 1. The summed E-state index contributed by atoms with van der Waals surface area (Å²) in [4.78, 5) is 16.9. The van der Waals surface area contributed by atoms with Crippen LogP contribution in [-0.2, 0) is 4.79 Å². The first kappa shape index (κ1) is 14.8. The molecule has 0 radical (unpaired) electrons. The molecule has 0 saturated heterocycles. The molecule has 110 valence electrons. The predicted molar refractivity (Wildman–Crippen MR) is 77.6 cm³/mol. The third-order valence-electron chi connectivity index (χ3n) is 3.95. The van der Waals surface area contributed by atoms with E-state index in [0.29, 0.717) is 12.8 Å². The minimum atomic E-state index is -0.862. The first-order chi connectivity index (χ1) is 9.64. The van der Waals surface area contributed by atoms with E-state index in [1.165, 1.54) is 11.3 Å². The van der Waals surface area contributed by atoms with Crippen molar-refractivity contribution in [2.45, 2.75) is 45.1 Å². The van der Waals surface area contributed by atoms with Crippen LogP contribution in [0.5, 0.6) is 0 Å². The van der Waals surface area contributed by atoms with Crippen LogP contribution in [0, 0.1) is 5.41 Å². The Balaban J connectivity index is 2.17. The summed E-state index contributed by atoms with van der Waals surface area (Å²) < 4.78 is 0. The molecule has 1 aromatic heterocycles. The van der Waals surface area contributed by atoms with Gasteiger partial charge in [-0.05, 0) is 19.3 Å². The SMILES string of the molecule is CCC(NC(=O)C1(C(N)=NO)CCCC1)c1nccs1. The van der Waals surface area contributed by atoms with Crippen molar-refractivity contribution in [2.24, 2.45) is 16.3 Å². The zero-order chi connectivity index (χ0) is 14.6. The maximum atomic E-state index is 12.6. The van der Waals surface area contributed by atoms with Gasteiger partial charge in [-0.2, -0.15) is 0 Å². The number of hydrogen-bond donors (Lipinski definition) is 3. The second-order valence-electron chi connectivity index (χ2n) is 5.08. The second kappa shape index (κ2) is 6.21. The van der Waals surface area contributed by atoms with Gasteiger partial charge in [-0.1, -0.05) is 24.9 Å². The van der Waals surface area contributed by atoms with Crippen LogP contribution in [0.15, 0.2) is 16.7 Å². The summed E-state index contributed by atoms with van der Waals surface area (Å²) in [6, 6.07) is -0.119. The van der Waals surface area contributed by atoms with E-state index < -0.39 is 5.41 Å². The lowest BCUT2D eigenvalue weighted by Crippen LogP contribution is -2.49. The first-order valence-corrected chi connectivity index (χ1v) is 7.70. The Labute approximate surface area is 122 Å². The molecule has 0 aliphatic heterocycles. The van der Waals surface area contributed by atoms with E-state index in [-0.39, 0.29) is 17.8 Å². The highest BCUT2D eigenvalue weighted by molar-refractivity contribution is 7.09. The smallest absolute Gasteiger partial charge is 0.234 e. The lowest BCUT2D eigenvalue weighted by Gasteiger charge is -2.28. The molecular weight excluding hydrogens is 276 g/mol. The second-order valence-corrected chi connectivity index (χ2v) is 6.01. The third-order valence-corrected chi connectivity index (χ3v) is 4.84. The van der Waals surface area contributed by atoms with Gasteiger partial charge in [-0.25, -0.2) is 4.98 Å². The first-order valence-electron chi connectivity index (χ1n) is 6.82. The van der Waals surface area contributed by atoms with Gasteiger partial charge < -0.3 is 16.3 Å².